The quantitative estimate of drug-likeness (QED) is 0.649. The van der Waals surface area contributed by atoms with Crippen molar-refractivity contribution in [1.82, 2.24) is 0 Å². The fraction of sp³-hybridized carbons (Fsp3) is 0.778. The Hall–Kier alpha value is -0.890. The van der Waals surface area contributed by atoms with E-state index in [1.807, 2.05) is 6.07 Å². The number of hydrogen-bond donors (Lipinski definition) is 0. The van der Waals surface area contributed by atoms with Crippen LogP contribution in [0.1, 0.15) is 26.2 Å². The summed E-state index contributed by atoms with van der Waals surface area (Å²) in [6, 6.07) is 1.92. The molecule has 1 aliphatic carbocycles. The number of nitrogens with zero attached hydrogens (tertiary/aromatic N) is 1. The van der Waals surface area contributed by atoms with Crippen molar-refractivity contribution in [3.05, 3.63) is 0 Å². The van der Waals surface area contributed by atoms with Crippen molar-refractivity contribution >= 4 is 16.1 Å². The third-order valence-electron chi connectivity index (χ3n) is 2.86. The van der Waals surface area contributed by atoms with Crippen molar-refractivity contribution in [2.45, 2.75) is 31.4 Å². The molecule has 0 heterocycles. The first-order chi connectivity index (χ1) is 6.49. The maximum Gasteiger partial charge on any atom is 0.152 e. The Morgan fingerprint density at radius 1 is 1.64 bits per heavy atom. The van der Waals surface area contributed by atoms with Crippen LogP contribution in [0.2, 0.25) is 0 Å². The summed E-state index contributed by atoms with van der Waals surface area (Å²) in [6.07, 6.45) is 1.57. The van der Waals surface area contributed by atoms with E-state index in [0.29, 0.717) is 19.1 Å². The second-order valence-corrected chi connectivity index (χ2v) is 6.27. The van der Waals surface area contributed by atoms with Gasteiger partial charge in [-0.15, -0.1) is 0 Å². The molecule has 0 radical (unpaired) electrons. The number of nitriles is 1. The van der Waals surface area contributed by atoms with E-state index >= 15 is 0 Å². The molecule has 0 aromatic carbocycles. The molecule has 4 nitrogen and oxygen atoms in total. The van der Waals surface area contributed by atoms with E-state index in [-0.39, 0.29) is 12.2 Å². The predicted molar refractivity (Wildman–Crippen MR) is 51.2 cm³/mol. The van der Waals surface area contributed by atoms with Crippen LogP contribution in [0.5, 0.6) is 0 Å². The van der Waals surface area contributed by atoms with Gasteiger partial charge in [-0.25, -0.2) is 8.42 Å². The highest BCUT2D eigenvalue weighted by Crippen LogP contribution is 2.39. The van der Waals surface area contributed by atoms with Gasteiger partial charge in [-0.05, 0) is 19.3 Å². The van der Waals surface area contributed by atoms with E-state index in [9.17, 15) is 13.2 Å². The Bertz CT molecular complexity index is 368. The van der Waals surface area contributed by atoms with Gasteiger partial charge in [-0.3, -0.25) is 0 Å². The van der Waals surface area contributed by atoms with Crippen LogP contribution in [0.25, 0.3) is 0 Å². The molecule has 0 N–H and O–H groups in total. The Morgan fingerprint density at radius 3 is 2.64 bits per heavy atom. The molecule has 1 rings (SSSR count). The second kappa shape index (κ2) is 3.70. The van der Waals surface area contributed by atoms with Gasteiger partial charge >= 0.3 is 0 Å². The van der Waals surface area contributed by atoms with E-state index < -0.39 is 20.5 Å². The zero-order chi connectivity index (χ0) is 10.8. The average Bonchev–Trinajstić information content (AvgIpc) is 2.63. The zero-order valence-electron chi connectivity index (χ0n) is 8.06. The summed E-state index contributed by atoms with van der Waals surface area (Å²) < 4.78 is 23.0. The monoisotopic (exact) mass is 215 g/mol. The zero-order valence-corrected chi connectivity index (χ0v) is 8.88. The molecule has 5 heteroatoms. The molecule has 1 fully saturated rings. The summed E-state index contributed by atoms with van der Waals surface area (Å²) in [5.74, 6) is 0.0814. The molecule has 1 saturated carbocycles. The van der Waals surface area contributed by atoms with Crippen molar-refractivity contribution < 1.29 is 13.2 Å². The molecule has 0 saturated heterocycles. The Kier molecular flexibility index (Phi) is 2.95. The lowest BCUT2D eigenvalue weighted by Crippen LogP contribution is -2.23. The molecule has 78 valence electrons. The molecule has 0 aliphatic heterocycles. The number of rotatable bonds is 3. The summed E-state index contributed by atoms with van der Waals surface area (Å²) in [6.45, 7) is 1.59. The Labute approximate surface area is 83.8 Å². The number of carbonyl (C=O) groups excluding carboxylic acids is 1. The van der Waals surface area contributed by atoms with Crippen LogP contribution in [-0.2, 0) is 14.6 Å². The highest BCUT2D eigenvalue weighted by Gasteiger charge is 2.44. The van der Waals surface area contributed by atoms with E-state index in [2.05, 4.69) is 0 Å². The van der Waals surface area contributed by atoms with Crippen molar-refractivity contribution in [3.8, 4) is 6.07 Å². The SMILES string of the molecule is CCS(=O)(=O)[C@H]1CC[C@@](C#N)(C=O)C1. The van der Waals surface area contributed by atoms with Crippen molar-refractivity contribution in [3.63, 3.8) is 0 Å². The molecule has 0 amide bonds. The van der Waals surface area contributed by atoms with Gasteiger partial charge in [0.15, 0.2) is 9.84 Å². The summed E-state index contributed by atoms with van der Waals surface area (Å²) in [4.78, 5) is 10.7. The molecule has 0 spiro atoms. The molecule has 0 unspecified atom stereocenters. The minimum Gasteiger partial charge on any atom is -0.302 e. The van der Waals surface area contributed by atoms with E-state index in [1.165, 1.54) is 0 Å². The molecular weight excluding hydrogens is 202 g/mol. The van der Waals surface area contributed by atoms with Crippen LogP contribution >= 0.6 is 0 Å². The van der Waals surface area contributed by atoms with Gasteiger partial charge in [-0.2, -0.15) is 5.26 Å². The number of sulfone groups is 1. The third-order valence-corrected chi connectivity index (χ3v) is 5.09. The molecule has 0 aromatic heterocycles. The normalized spacial score (nSPS) is 32.4. The molecule has 1 aliphatic rings. The van der Waals surface area contributed by atoms with Crippen LogP contribution in [-0.4, -0.2) is 25.7 Å². The lowest BCUT2D eigenvalue weighted by Gasteiger charge is -2.12. The molecule has 0 aromatic rings. The van der Waals surface area contributed by atoms with Gasteiger partial charge < -0.3 is 4.79 Å². The fourth-order valence-electron chi connectivity index (χ4n) is 1.81. The summed E-state index contributed by atoms with van der Waals surface area (Å²) in [5, 5.41) is 8.29. The van der Waals surface area contributed by atoms with Gasteiger partial charge in [0.25, 0.3) is 0 Å². The van der Waals surface area contributed by atoms with Gasteiger partial charge in [-0.1, -0.05) is 6.92 Å². The van der Waals surface area contributed by atoms with Crippen LogP contribution in [0, 0.1) is 16.7 Å². The first-order valence-corrected chi connectivity index (χ1v) is 6.30. The van der Waals surface area contributed by atoms with Crippen molar-refractivity contribution in [2.24, 2.45) is 5.41 Å². The minimum absolute atomic E-state index is 0.0814. The first-order valence-electron chi connectivity index (χ1n) is 4.59. The van der Waals surface area contributed by atoms with Gasteiger partial charge in [0.1, 0.15) is 11.7 Å². The van der Waals surface area contributed by atoms with Gasteiger partial charge in [0.05, 0.1) is 11.3 Å². The molecule has 0 bridgehead atoms. The smallest absolute Gasteiger partial charge is 0.152 e. The van der Waals surface area contributed by atoms with E-state index in [4.69, 9.17) is 5.26 Å². The van der Waals surface area contributed by atoms with Crippen molar-refractivity contribution in [2.75, 3.05) is 5.75 Å². The van der Waals surface area contributed by atoms with Crippen LogP contribution in [0.3, 0.4) is 0 Å². The van der Waals surface area contributed by atoms with E-state index in [0.717, 1.165) is 0 Å². The topological polar surface area (TPSA) is 75.0 Å². The maximum absolute atomic E-state index is 11.5. The van der Waals surface area contributed by atoms with Gasteiger partial charge in [0, 0.05) is 5.75 Å². The largest absolute Gasteiger partial charge is 0.302 e. The number of hydrogen-bond acceptors (Lipinski definition) is 4. The molecule has 2 atom stereocenters. The number of carbonyl (C=O) groups is 1. The van der Waals surface area contributed by atoms with Gasteiger partial charge in [0.2, 0.25) is 0 Å². The summed E-state index contributed by atoms with van der Waals surface area (Å²) in [7, 11) is -3.10. The summed E-state index contributed by atoms with van der Waals surface area (Å²) >= 11 is 0. The van der Waals surface area contributed by atoms with Crippen LogP contribution < -0.4 is 0 Å². The summed E-state index contributed by atoms with van der Waals surface area (Å²) in [5.41, 5.74) is -1.05. The second-order valence-electron chi connectivity index (χ2n) is 3.70. The average molecular weight is 215 g/mol. The van der Waals surface area contributed by atoms with Crippen molar-refractivity contribution in [1.29, 1.82) is 5.26 Å². The van der Waals surface area contributed by atoms with E-state index in [1.54, 1.807) is 6.92 Å². The van der Waals surface area contributed by atoms with Crippen LogP contribution in [0.4, 0.5) is 0 Å². The Morgan fingerprint density at radius 2 is 2.29 bits per heavy atom. The highest BCUT2D eigenvalue weighted by molar-refractivity contribution is 7.92. The number of aldehydes is 1. The third kappa shape index (κ3) is 1.80. The minimum atomic E-state index is -3.10. The highest BCUT2D eigenvalue weighted by atomic mass is 32.2. The lowest BCUT2D eigenvalue weighted by molar-refractivity contribution is -0.113. The predicted octanol–water partition coefficient (Wildman–Crippen LogP) is 0.682. The van der Waals surface area contributed by atoms with Crippen LogP contribution in [0.15, 0.2) is 0 Å². The molecular formula is C9H13NO3S. The molecule has 14 heavy (non-hydrogen) atoms. The fourth-order valence-corrected chi connectivity index (χ4v) is 3.31. The maximum atomic E-state index is 11.5. The first kappa shape index (κ1) is 11.2. The Balaban J connectivity index is 2.86. The lowest BCUT2D eigenvalue weighted by atomic mass is 9.90. The standard InChI is InChI=1S/C9H13NO3S/c1-2-14(12,13)8-3-4-9(5-8,6-10)7-11/h7-8H,2-5H2,1H3/t8-,9+/m0/s1.